The third kappa shape index (κ3) is 4.67. The molecule has 242 valence electrons. The zero-order valence-electron chi connectivity index (χ0n) is 28.6. The number of anilines is 3. The fourth-order valence-electron chi connectivity index (χ4n) is 8.38. The smallest absolute Gasteiger partial charge is 0.0540 e. The lowest BCUT2D eigenvalue weighted by atomic mass is 9.81. The predicted octanol–water partition coefficient (Wildman–Crippen LogP) is 14.3. The number of para-hydroxylation sites is 1. The number of hydrogen-bond donors (Lipinski definition) is 0. The van der Waals surface area contributed by atoms with Crippen LogP contribution in [-0.4, -0.2) is 0 Å². The van der Waals surface area contributed by atoms with Crippen LogP contribution in [0.4, 0.5) is 17.1 Å². The van der Waals surface area contributed by atoms with Crippen molar-refractivity contribution >= 4 is 59.3 Å². The van der Waals surface area contributed by atoms with Gasteiger partial charge in [-0.05, 0) is 92.2 Å². The van der Waals surface area contributed by atoms with Crippen molar-refractivity contribution in [3.63, 3.8) is 0 Å². The van der Waals surface area contributed by atoms with Gasteiger partial charge >= 0.3 is 0 Å². The van der Waals surface area contributed by atoms with Gasteiger partial charge in [0.1, 0.15) is 0 Å². The van der Waals surface area contributed by atoms with E-state index in [1.54, 1.807) is 0 Å². The molecule has 1 nitrogen and oxygen atoms in total. The summed E-state index contributed by atoms with van der Waals surface area (Å²) >= 11 is 1.91. The van der Waals surface area contributed by atoms with Gasteiger partial charge in [-0.15, -0.1) is 11.3 Å². The molecule has 0 saturated heterocycles. The molecule has 0 saturated carbocycles. The average molecular weight is 670 g/mol. The van der Waals surface area contributed by atoms with Crippen molar-refractivity contribution in [2.45, 2.75) is 19.3 Å². The Balaban J connectivity index is 1.24. The van der Waals surface area contributed by atoms with Gasteiger partial charge in [0.15, 0.2) is 0 Å². The first kappa shape index (κ1) is 29.9. The van der Waals surface area contributed by atoms with Gasteiger partial charge in [-0.25, -0.2) is 0 Å². The summed E-state index contributed by atoms with van der Waals surface area (Å²) in [4.78, 5) is 2.46. The zero-order valence-corrected chi connectivity index (χ0v) is 29.4. The largest absolute Gasteiger partial charge is 0.310 e. The third-order valence-corrected chi connectivity index (χ3v) is 11.9. The molecule has 9 aromatic rings. The first-order valence-corrected chi connectivity index (χ1v) is 18.5. The standard InChI is InChI=1S/C49H35NS/c1-49(2)41-30-37(50(36-26-25-32-15-9-10-20-35(32)29-36)43-23-13-11-21-38(43)33-16-5-3-6-17-33)27-28-39(41)47-42(49)31-45-48(40-22-12-14-24-44(40)51-45)46(47)34-18-7-4-8-19-34/h3-31H,1-2H3. The zero-order chi connectivity index (χ0) is 34.1. The number of benzene rings is 8. The lowest BCUT2D eigenvalue weighted by Crippen LogP contribution is -2.17. The number of nitrogens with zero attached hydrogens (tertiary/aromatic N) is 1. The molecule has 1 heterocycles. The van der Waals surface area contributed by atoms with E-state index < -0.39 is 0 Å². The summed E-state index contributed by atoms with van der Waals surface area (Å²) in [6.45, 7) is 4.82. The van der Waals surface area contributed by atoms with E-state index in [2.05, 4.69) is 195 Å². The van der Waals surface area contributed by atoms with Crippen molar-refractivity contribution in [3.05, 3.63) is 187 Å². The Kier molecular flexibility index (Phi) is 6.78. The van der Waals surface area contributed by atoms with Gasteiger partial charge in [0.05, 0.1) is 5.69 Å². The molecule has 2 heteroatoms. The Bertz CT molecular complexity index is 2770. The van der Waals surface area contributed by atoms with E-state index >= 15 is 0 Å². The van der Waals surface area contributed by atoms with Crippen LogP contribution in [0.3, 0.4) is 0 Å². The SMILES string of the molecule is CC1(C)c2cc(N(c3ccc4ccccc4c3)c3ccccc3-c3ccccc3)ccc2-c2c1cc1sc3ccccc3c1c2-c1ccccc1. The Morgan fingerprint density at radius 2 is 1.10 bits per heavy atom. The second kappa shape index (κ2) is 11.6. The maximum absolute atomic E-state index is 2.49. The van der Waals surface area contributed by atoms with E-state index in [4.69, 9.17) is 0 Å². The number of rotatable bonds is 5. The third-order valence-electron chi connectivity index (χ3n) is 10.8. The summed E-state index contributed by atoms with van der Waals surface area (Å²) in [5, 5.41) is 5.17. The lowest BCUT2D eigenvalue weighted by Gasteiger charge is -2.30. The van der Waals surface area contributed by atoms with Crippen molar-refractivity contribution in [1.29, 1.82) is 0 Å². The molecule has 0 atom stereocenters. The molecular formula is C49H35NS. The molecule has 0 unspecified atom stereocenters. The molecule has 8 aromatic carbocycles. The summed E-state index contributed by atoms with van der Waals surface area (Å²) in [6.07, 6.45) is 0. The monoisotopic (exact) mass is 669 g/mol. The fraction of sp³-hybridized carbons (Fsp3) is 0.0612. The maximum Gasteiger partial charge on any atom is 0.0540 e. The highest BCUT2D eigenvalue weighted by molar-refractivity contribution is 7.26. The van der Waals surface area contributed by atoms with Crippen LogP contribution in [0.5, 0.6) is 0 Å². The molecule has 10 rings (SSSR count). The Labute approximate surface area is 302 Å². The van der Waals surface area contributed by atoms with Gasteiger partial charge in [0.2, 0.25) is 0 Å². The summed E-state index contributed by atoms with van der Waals surface area (Å²) in [7, 11) is 0. The topological polar surface area (TPSA) is 3.24 Å². The minimum absolute atomic E-state index is 0.206. The Hall–Kier alpha value is -5.96. The van der Waals surface area contributed by atoms with E-state index in [1.807, 2.05) is 11.3 Å². The minimum Gasteiger partial charge on any atom is -0.310 e. The molecule has 1 aliphatic carbocycles. The number of fused-ring (bicyclic) bond motifs is 7. The van der Waals surface area contributed by atoms with Crippen molar-refractivity contribution in [2.75, 3.05) is 4.90 Å². The lowest BCUT2D eigenvalue weighted by molar-refractivity contribution is 0.661. The van der Waals surface area contributed by atoms with Crippen molar-refractivity contribution in [1.82, 2.24) is 0 Å². The molecule has 1 aliphatic rings. The van der Waals surface area contributed by atoms with Crippen LogP contribution in [0, 0.1) is 0 Å². The van der Waals surface area contributed by atoms with Gasteiger partial charge in [-0.3, -0.25) is 0 Å². The molecule has 0 aliphatic heterocycles. The van der Waals surface area contributed by atoms with Crippen LogP contribution < -0.4 is 4.90 Å². The highest BCUT2D eigenvalue weighted by atomic mass is 32.1. The van der Waals surface area contributed by atoms with E-state index in [9.17, 15) is 0 Å². The van der Waals surface area contributed by atoms with Crippen LogP contribution >= 0.6 is 11.3 Å². The summed E-state index contributed by atoms with van der Waals surface area (Å²) in [5.41, 5.74) is 13.7. The van der Waals surface area contributed by atoms with Crippen LogP contribution in [0.1, 0.15) is 25.0 Å². The summed E-state index contributed by atoms with van der Waals surface area (Å²) in [6, 6.07) is 64.7. The van der Waals surface area contributed by atoms with Crippen LogP contribution in [-0.2, 0) is 5.41 Å². The van der Waals surface area contributed by atoms with Crippen molar-refractivity contribution in [3.8, 4) is 33.4 Å². The first-order chi connectivity index (χ1) is 25.1. The highest BCUT2D eigenvalue weighted by Gasteiger charge is 2.39. The maximum atomic E-state index is 2.49. The number of thiophene rings is 1. The Morgan fingerprint density at radius 1 is 0.451 bits per heavy atom. The molecule has 0 amide bonds. The van der Waals surface area contributed by atoms with Crippen molar-refractivity contribution in [2.24, 2.45) is 0 Å². The van der Waals surface area contributed by atoms with Crippen molar-refractivity contribution < 1.29 is 0 Å². The van der Waals surface area contributed by atoms with E-state index in [0.29, 0.717) is 0 Å². The normalized spacial score (nSPS) is 13.1. The quantitative estimate of drug-likeness (QED) is 0.176. The first-order valence-electron chi connectivity index (χ1n) is 17.7. The molecule has 0 spiro atoms. The molecule has 0 N–H and O–H groups in total. The van der Waals surface area contributed by atoms with Gasteiger partial charge < -0.3 is 4.90 Å². The summed E-state index contributed by atoms with van der Waals surface area (Å²) < 4.78 is 2.69. The van der Waals surface area contributed by atoms with Gasteiger partial charge in [-0.2, -0.15) is 0 Å². The molecule has 51 heavy (non-hydrogen) atoms. The molecule has 0 fully saturated rings. The molecule has 0 radical (unpaired) electrons. The molecule has 0 bridgehead atoms. The van der Waals surface area contributed by atoms with Crippen LogP contribution in [0.15, 0.2) is 176 Å². The van der Waals surface area contributed by atoms with E-state index in [0.717, 1.165) is 17.1 Å². The predicted molar refractivity (Wildman–Crippen MR) is 220 cm³/mol. The fourth-order valence-corrected chi connectivity index (χ4v) is 9.53. The minimum atomic E-state index is -0.206. The van der Waals surface area contributed by atoms with E-state index in [-0.39, 0.29) is 5.41 Å². The second-order valence-corrected chi connectivity index (χ2v) is 15.2. The summed E-state index contributed by atoms with van der Waals surface area (Å²) in [5.74, 6) is 0. The van der Waals surface area contributed by atoms with E-state index in [1.165, 1.54) is 75.5 Å². The van der Waals surface area contributed by atoms with Gasteiger partial charge in [0, 0.05) is 42.5 Å². The molecular weight excluding hydrogens is 635 g/mol. The average Bonchev–Trinajstić information content (AvgIpc) is 3.66. The van der Waals surface area contributed by atoms with Crippen LogP contribution in [0.25, 0.3) is 64.3 Å². The molecule has 1 aromatic heterocycles. The van der Waals surface area contributed by atoms with Crippen LogP contribution in [0.2, 0.25) is 0 Å². The van der Waals surface area contributed by atoms with Gasteiger partial charge in [0.25, 0.3) is 0 Å². The highest BCUT2D eigenvalue weighted by Crippen LogP contribution is 2.57. The van der Waals surface area contributed by atoms with Gasteiger partial charge in [-0.1, -0.05) is 147 Å². The second-order valence-electron chi connectivity index (χ2n) is 14.1. The number of hydrogen-bond acceptors (Lipinski definition) is 2. The Morgan fingerprint density at radius 3 is 1.92 bits per heavy atom.